The molecular formula is H12Ba26O24S6+52. The summed E-state index contributed by atoms with van der Waals surface area (Å²) in [6, 6.07) is 0. The molecule has 0 bridgehead atoms. The average Bonchev–Trinajstić information content (AvgIpc) is 1.94. The normalized spacial score (nSPS) is 6.21. The summed E-state index contributed by atoms with van der Waals surface area (Å²) in [6.45, 7) is 0. The zero-order valence-electron chi connectivity index (χ0n) is 31.1. The van der Waals surface area contributed by atoms with Gasteiger partial charge in [0.25, 0.3) is 0 Å². The van der Waals surface area contributed by atoms with E-state index in [-0.39, 0.29) is 1270 Å². The maximum absolute atomic E-state index is 8.74. The topological polar surface area (TPSA) is 448 Å². The van der Waals surface area contributed by atoms with E-state index >= 15 is 0 Å². The van der Waals surface area contributed by atoms with Gasteiger partial charge in [-0.05, 0) is 0 Å². The Morgan fingerprint density at radius 1 is 0.125 bits per heavy atom. The van der Waals surface area contributed by atoms with Crippen LogP contribution in [-0.4, -0.2) is 1380 Å². The minimum Gasteiger partial charge on any atom is -0.264 e. The molecule has 0 radical (unpaired) electrons. The van der Waals surface area contributed by atoms with Gasteiger partial charge in [-0.2, -0.15) is 50.5 Å². The molecule has 0 saturated heterocycles. The number of rotatable bonds is 0. The predicted molar refractivity (Wildman–Crippen MR) is 235 cm³/mol. The van der Waals surface area contributed by atoms with Gasteiger partial charge in [-0.15, -0.1) is 0 Å². The van der Waals surface area contributed by atoms with Crippen molar-refractivity contribution in [2.24, 2.45) is 0 Å². The van der Waals surface area contributed by atoms with Crippen molar-refractivity contribution in [2.45, 2.75) is 0 Å². The smallest absolute Gasteiger partial charge is 0.264 e. The molecular weight excluding hydrogens is 4150 g/mol. The molecule has 0 heterocycles. The van der Waals surface area contributed by atoms with Crippen molar-refractivity contribution in [1.29, 1.82) is 0 Å². The zero-order chi connectivity index (χ0) is 27.0. The Labute approximate surface area is 1380 Å². The second-order valence-electron chi connectivity index (χ2n) is 2.69. The molecule has 0 aliphatic rings. The Bertz CT molecular complexity index is 809. The van der Waals surface area contributed by atoms with E-state index in [2.05, 4.69) is 0 Å². The fourth-order valence-corrected chi connectivity index (χ4v) is 0. The van der Waals surface area contributed by atoms with Gasteiger partial charge in [0.2, 0.25) is 0 Å². The van der Waals surface area contributed by atoms with E-state index < -0.39 is 62.4 Å². The van der Waals surface area contributed by atoms with Crippen LogP contribution in [0.3, 0.4) is 0 Å². The van der Waals surface area contributed by atoms with Gasteiger partial charge in [0.1, 0.15) is 0 Å². The van der Waals surface area contributed by atoms with Crippen LogP contribution in [0.25, 0.3) is 0 Å². The molecule has 0 atom stereocenters. The van der Waals surface area contributed by atoms with Crippen LogP contribution in [0, 0.1) is 0 Å². The van der Waals surface area contributed by atoms with Gasteiger partial charge in [0.05, 0.1) is 0 Å². The average molecular weight is 4160 g/mol. The first-order chi connectivity index (χ1) is 12.0. The largest absolute Gasteiger partial charge is 2.00 e. The van der Waals surface area contributed by atoms with Gasteiger partial charge in [-0.3, -0.25) is 54.6 Å². The van der Waals surface area contributed by atoms with Gasteiger partial charge >= 0.3 is 1330 Å². The Kier molecular flexibility index (Phi) is 549. The van der Waals surface area contributed by atoms with Crippen LogP contribution < -0.4 is 0 Å². The van der Waals surface area contributed by atoms with Gasteiger partial charge in [0, 0.05) is 0 Å². The molecule has 0 aliphatic heterocycles. The first-order valence-electron chi connectivity index (χ1n) is 4.19. The molecule has 0 amide bonds. The number of hydrogen-bond acceptors (Lipinski definition) is 12. The van der Waals surface area contributed by atoms with E-state index in [0.717, 1.165) is 0 Å². The molecule has 0 aromatic carbocycles. The molecule has 12 N–H and O–H groups in total. The second kappa shape index (κ2) is 145. The Morgan fingerprint density at radius 3 is 0.125 bits per heavy atom. The van der Waals surface area contributed by atoms with Crippen molar-refractivity contribution in [1.82, 2.24) is 0 Å². The summed E-state index contributed by atoms with van der Waals surface area (Å²) in [5, 5.41) is 0. The Hall–Kier alpha value is 40.1. The summed E-state index contributed by atoms with van der Waals surface area (Å²) in [5.74, 6) is 0. The quantitative estimate of drug-likeness (QED) is 0.0791. The van der Waals surface area contributed by atoms with Crippen molar-refractivity contribution in [3.05, 3.63) is 0 Å². The second-order valence-corrected chi connectivity index (χ2v) is 8.06. The van der Waals surface area contributed by atoms with Gasteiger partial charge < -0.3 is 0 Å². The molecule has 0 aromatic heterocycles. The number of hydrogen-bond donors (Lipinski definition) is 12. The minimum absolute atomic E-state index is 0. The van der Waals surface area contributed by atoms with E-state index in [4.69, 9.17) is 105 Å². The van der Waals surface area contributed by atoms with Crippen LogP contribution >= 0.6 is 0 Å². The zero-order valence-corrected chi connectivity index (χ0v) is 151. The summed E-state index contributed by atoms with van der Waals surface area (Å²) >= 11 is 0. The molecule has 0 fully saturated rings. The monoisotopic (exact) mass is 4170 g/mol. The van der Waals surface area contributed by atoms with Crippen molar-refractivity contribution in [2.75, 3.05) is 0 Å². The van der Waals surface area contributed by atoms with E-state index in [1.54, 1.807) is 0 Å². The van der Waals surface area contributed by atoms with Crippen molar-refractivity contribution < 1.29 is 105 Å². The SMILES string of the molecule is O=S(=O)(O)O.O=S(=O)(O)O.O=S(=O)(O)O.O=S(=O)(O)O.O=S(=O)(O)O.O=S(=O)(O)O.[Ba+2].[Ba+2].[Ba+2].[Ba+2].[Ba+2].[Ba+2].[Ba+2].[Ba+2].[Ba+2].[Ba+2].[Ba+2].[Ba+2].[Ba+2].[Ba+2].[Ba+2].[Ba+2].[Ba+2].[Ba+2].[Ba+2].[Ba+2].[Ba+2].[Ba+2].[Ba+2].[Ba+2].[Ba+2].[Ba+2]. The molecule has 0 saturated carbocycles. The third-order valence-electron chi connectivity index (χ3n) is 0. The molecule has 192 valence electrons. The maximum Gasteiger partial charge on any atom is 2.00 e. The molecule has 0 aliphatic carbocycles. The van der Waals surface area contributed by atoms with Crippen LogP contribution in [0.2, 0.25) is 0 Å². The van der Waals surface area contributed by atoms with Gasteiger partial charge in [-0.1, -0.05) is 0 Å². The van der Waals surface area contributed by atoms with Crippen LogP contribution in [-0.2, 0) is 62.4 Å². The molecule has 56 heteroatoms. The van der Waals surface area contributed by atoms with Gasteiger partial charge in [-0.25, -0.2) is 0 Å². The van der Waals surface area contributed by atoms with Crippen LogP contribution in [0.1, 0.15) is 0 Å². The first kappa shape index (κ1) is 212. The first-order valence-corrected chi connectivity index (χ1v) is 12.6. The van der Waals surface area contributed by atoms with E-state index in [0.29, 0.717) is 0 Å². The van der Waals surface area contributed by atoms with Crippen molar-refractivity contribution in [3.63, 3.8) is 0 Å². The maximum atomic E-state index is 8.74. The molecule has 0 rings (SSSR count). The fraction of sp³-hybridized carbons (Fsp3) is 0. The van der Waals surface area contributed by atoms with Crippen LogP contribution in [0.15, 0.2) is 0 Å². The van der Waals surface area contributed by atoms with Crippen molar-refractivity contribution in [3.8, 4) is 0 Å². The summed E-state index contributed by atoms with van der Waals surface area (Å²) in [7, 11) is -28.0. The van der Waals surface area contributed by atoms with Gasteiger partial charge in [0.15, 0.2) is 0 Å². The van der Waals surface area contributed by atoms with Crippen LogP contribution in [0.4, 0.5) is 0 Å². The molecule has 0 aromatic rings. The molecule has 56 heavy (non-hydrogen) atoms. The standard InChI is InChI=1S/26Ba.6H2O4S/c;;;;;;;;;;;;;;;;;;;;;;;;;;6*1-5(2,3)4/h;;;;;;;;;;;;;;;;;;;;;;;;;;6*(H2,1,2,3,4)/q26*+2;;;;;;. The van der Waals surface area contributed by atoms with E-state index in [9.17, 15) is 0 Å². The fourth-order valence-electron chi connectivity index (χ4n) is 0. The summed E-state index contributed by atoms with van der Waals surface area (Å²) in [5.41, 5.74) is 0. The summed E-state index contributed by atoms with van der Waals surface area (Å²) in [6.07, 6.45) is 0. The predicted octanol–water partition coefficient (Wildman–Crippen LogP) is -13.8. The Balaban J connectivity index is -0.00000000376. The van der Waals surface area contributed by atoms with E-state index in [1.165, 1.54) is 0 Å². The van der Waals surface area contributed by atoms with Crippen LogP contribution in [0.5, 0.6) is 0 Å². The van der Waals surface area contributed by atoms with E-state index in [1.807, 2.05) is 0 Å². The summed E-state index contributed by atoms with van der Waals surface area (Å²) < 4.78 is 190. The Morgan fingerprint density at radius 2 is 0.125 bits per heavy atom. The molecule has 0 spiro atoms. The molecule has 24 nitrogen and oxygen atoms in total. The molecule has 0 unspecified atom stereocenters. The summed E-state index contributed by atoms with van der Waals surface area (Å²) in [4.78, 5) is 0. The van der Waals surface area contributed by atoms with Crippen molar-refractivity contribution >= 4 is 1330 Å². The third kappa shape index (κ3) is 507. The third-order valence-corrected chi connectivity index (χ3v) is 0. The minimum atomic E-state index is -4.67.